The van der Waals surface area contributed by atoms with Crippen LogP contribution >= 0.6 is 0 Å². The lowest BCUT2D eigenvalue weighted by atomic mass is 10.1. The molecule has 7 heteroatoms. The standard InChI is InChI=1S/C13H13F3N4/c1-7-8(2)18-12(19-11(7)20-17)9-3-5-10(6-4-9)13(14,15)16/h3-6H,17H2,1-2H3,(H,18,19,20). The van der Waals surface area contributed by atoms with Gasteiger partial charge < -0.3 is 5.43 Å². The van der Waals surface area contributed by atoms with E-state index in [9.17, 15) is 13.2 Å². The van der Waals surface area contributed by atoms with Crippen molar-refractivity contribution in [3.63, 3.8) is 0 Å². The molecule has 3 N–H and O–H groups in total. The molecule has 20 heavy (non-hydrogen) atoms. The smallest absolute Gasteiger partial charge is 0.308 e. The molecule has 4 nitrogen and oxygen atoms in total. The third-order valence-electron chi connectivity index (χ3n) is 3.00. The first kappa shape index (κ1) is 14.3. The summed E-state index contributed by atoms with van der Waals surface area (Å²) in [7, 11) is 0. The topological polar surface area (TPSA) is 63.8 Å². The molecule has 0 spiro atoms. The SMILES string of the molecule is Cc1nc(-c2ccc(C(F)(F)F)cc2)nc(NN)c1C. The number of hydrogen-bond acceptors (Lipinski definition) is 4. The number of aromatic nitrogens is 2. The zero-order valence-corrected chi connectivity index (χ0v) is 10.9. The van der Waals surface area contributed by atoms with Crippen LogP contribution in [0.1, 0.15) is 16.8 Å². The van der Waals surface area contributed by atoms with E-state index in [0.717, 1.165) is 17.7 Å². The highest BCUT2D eigenvalue weighted by Gasteiger charge is 2.30. The summed E-state index contributed by atoms with van der Waals surface area (Å²) in [5.41, 5.74) is 3.75. The summed E-state index contributed by atoms with van der Waals surface area (Å²) in [6, 6.07) is 4.69. The van der Waals surface area contributed by atoms with E-state index in [-0.39, 0.29) is 0 Å². The number of nitrogens with one attached hydrogen (secondary N) is 1. The molecule has 0 atom stereocenters. The fourth-order valence-corrected chi connectivity index (χ4v) is 1.71. The number of halogens is 3. The molecule has 1 aromatic carbocycles. The number of anilines is 1. The van der Waals surface area contributed by atoms with E-state index >= 15 is 0 Å². The molecule has 0 aliphatic carbocycles. The van der Waals surface area contributed by atoms with E-state index in [1.54, 1.807) is 13.8 Å². The Morgan fingerprint density at radius 3 is 2.15 bits per heavy atom. The maximum Gasteiger partial charge on any atom is 0.416 e. The maximum absolute atomic E-state index is 12.5. The van der Waals surface area contributed by atoms with Crippen LogP contribution in [0.3, 0.4) is 0 Å². The Balaban J connectivity index is 2.44. The van der Waals surface area contributed by atoms with Gasteiger partial charge in [-0.2, -0.15) is 13.2 Å². The van der Waals surface area contributed by atoms with E-state index < -0.39 is 11.7 Å². The number of benzene rings is 1. The van der Waals surface area contributed by atoms with Crippen LogP contribution in [-0.2, 0) is 6.18 Å². The van der Waals surface area contributed by atoms with Crippen molar-refractivity contribution in [3.05, 3.63) is 41.1 Å². The number of hydrazine groups is 1. The van der Waals surface area contributed by atoms with Gasteiger partial charge in [0.15, 0.2) is 5.82 Å². The van der Waals surface area contributed by atoms with Crippen LogP contribution < -0.4 is 11.3 Å². The fourth-order valence-electron chi connectivity index (χ4n) is 1.71. The third kappa shape index (κ3) is 2.72. The average Bonchev–Trinajstić information content (AvgIpc) is 2.41. The molecule has 1 aromatic heterocycles. The zero-order chi connectivity index (χ0) is 14.9. The molecule has 0 aliphatic heterocycles. The first-order chi connectivity index (χ1) is 9.32. The van der Waals surface area contributed by atoms with Gasteiger partial charge in [-0.3, -0.25) is 0 Å². The number of rotatable bonds is 2. The number of nitrogens with zero attached hydrogens (tertiary/aromatic N) is 2. The Morgan fingerprint density at radius 1 is 1.05 bits per heavy atom. The normalized spacial score (nSPS) is 11.5. The largest absolute Gasteiger partial charge is 0.416 e. The third-order valence-corrected chi connectivity index (χ3v) is 3.00. The van der Waals surface area contributed by atoms with Crippen molar-refractivity contribution in [3.8, 4) is 11.4 Å². The molecule has 0 amide bonds. The van der Waals surface area contributed by atoms with E-state index in [1.165, 1.54) is 12.1 Å². The van der Waals surface area contributed by atoms with Gasteiger partial charge in [-0.15, -0.1) is 0 Å². The van der Waals surface area contributed by atoms with Gasteiger partial charge in [-0.25, -0.2) is 15.8 Å². The van der Waals surface area contributed by atoms with Crippen LogP contribution in [0.4, 0.5) is 19.0 Å². The van der Waals surface area contributed by atoms with Crippen LogP contribution in [0.5, 0.6) is 0 Å². The van der Waals surface area contributed by atoms with Crippen molar-refractivity contribution in [2.24, 2.45) is 5.84 Å². The lowest BCUT2D eigenvalue weighted by Crippen LogP contribution is -2.12. The predicted molar refractivity (Wildman–Crippen MR) is 69.8 cm³/mol. The predicted octanol–water partition coefficient (Wildman–Crippen LogP) is 3.06. The summed E-state index contributed by atoms with van der Waals surface area (Å²) in [6.07, 6.45) is -4.35. The van der Waals surface area contributed by atoms with Crippen LogP contribution in [0.25, 0.3) is 11.4 Å². The molecular formula is C13H13F3N4. The van der Waals surface area contributed by atoms with Gasteiger partial charge in [0.25, 0.3) is 0 Å². The van der Waals surface area contributed by atoms with Gasteiger partial charge in [-0.05, 0) is 26.0 Å². The van der Waals surface area contributed by atoms with E-state index in [0.29, 0.717) is 22.9 Å². The molecule has 0 radical (unpaired) electrons. The molecule has 0 saturated carbocycles. The van der Waals surface area contributed by atoms with Crippen molar-refractivity contribution in [1.29, 1.82) is 0 Å². The molecule has 0 saturated heterocycles. The molecular weight excluding hydrogens is 269 g/mol. The second-order valence-corrected chi connectivity index (χ2v) is 4.33. The van der Waals surface area contributed by atoms with Gasteiger partial charge in [0.2, 0.25) is 0 Å². The Bertz CT molecular complexity index is 621. The maximum atomic E-state index is 12.5. The van der Waals surface area contributed by atoms with Crippen molar-refractivity contribution < 1.29 is 13.2 Å². The van der Waals surface area contributed by atoms with Gasteiger partial charge in [0, 0.05) is 16.8 Å². The number of nitrogen functional groups attached to an aromatic ring is 1. The van der Waals surface area contributed by atoms with Gasteiger partial charge in [0.05, 0.1) is 5.56 Å². The monoisotopic (exact) mass is 282 g/mol. The summed E-state index contributed by atoms with van der Waals surface area (Å²) in [6.45, 7) is 3.59. The van der Waals surface area contributed by atoms with Gasteiger partial charge in [0.1, 0.15) is 5.82 Å². The highest BCUT2D eigenvalue weighted by atomic mass is 19.4. The zero-order valence-electron chi connectivity index (χ0n) is 10.9. The highest BCUT2D eigenvalue weighted by Crippen LogP contribution is 2.30. The highest BCUT2D eigenvalue weighted by molar-refractivity contribution is 5.59. The van der Waals surface area contributed by atoms with Crippen LogP contribution in [0.15, 0.2) is 24.3 Å². The van der Waals surface area contributed by atoms with E-state index in [4.69, 9.17) is 5.84 Å². The van der Waals surface area contributed by atoms with Crippen LogP contribution in [-0.4, -0.2) is 9.97 Å². The average molecular weight is 282 g/mol. The molecule has 0 fully saturated rings. The van der Waals surface area contributed by atoms with Crippen molar-refractivity contribution in [2.45, 2.75) is 20.0 Å². The van der Waals surface area contributed by atoms with Gasteiger partial charge in [-0.1, -0.05) is 12.1 Å². The second-order valence-electron chi connectivity index (χ2n) is 4.33. The first-order valence-corrected chi connectivity index (χ1v) is 5.82. The number of hydrogen-bond donors (Lipinski definition) is 2. The molecule has 0 bridgehead atoms. The summed E-state index contributed by atoms with van der Waals surface area (Å²) < 4.78 is 37.5. The van der Waals surface area contributed by atoms with Crippen molar-refractivity contribution in [2.75, 3.05) is 5.43 Å². The molecule has 0 unspecified atom stereocenters. The molecule has 1 heterocycles. The summed E-state index contributed by atoms with van der Waals surface area (Å²) in [5.74, 6) is 6.14. The van der Waals surface area contributed by atoms with Crippen molar-refractivity contribution in [1.82, 2.24) is 9.97 Å². The fraction of sp³-hybridized carbons (Fsp3) is 0.231. The quantitative estimate of drug-likeness (QED) is 0.656. The summed E-state index contributed by atoms with van der Waals surface area (Å²) in [5, 5.41) is 0. The van der Waals surface area contributed by atoms with Crippen molar-refractivity contribution >= 4 is 5.82 Å². The summed E-state index contributed by atoms with van der Waals surface area (Å²) in [4.78, 5) is 8.44. The second kappa shape index (κ2) is 5.09. The molecule has 2 aromatic rings. The number of aryl methyl sites for hydroxylation is 1. The molecule has 2 rings (SSSR count). The first-order valence-electron chi connectivity index (χ1n) is 5.82. The summed E-state index contributed by atoms with van der Waals surface area (Å²) >= 11 is 0. The Labute approximate surface area is 113 Å². The van der Waals surface area contributed by atoms with Gasteiger partial charge >= 0.3 is 6.18 Å². The van der Waals surface area contributed by atoms with E-state index in [1.807, 2.05) is 0 Å². The Hall–Kier alpha value is -2.15. The minimum Gasteiger partial charge on any atom is -0.308 e. The minimum atomic E-state index is -4.35. The Morgan fingerprint density at radius 2 is 1.65 bits per heavy atom. The minimum absolute atomic E-state index is 0.328. The van der Waals surface area contributed by atoms with Crippen LogP contribution in [0, 0.1) is 13.8 Å². The lowest BCUT2D eigenvalue weighted by molar-refractivity contribution is -0.137. The Kier molecular flexibility index (Phi) is 3.63. The van der Waals surface area contributed by atoms with Crippen LogP contribution in [0.2, 0.25) is 0 Å². The number of alkyl halides is 3. The number of nitrogens with two attached hydrogens (primary N) is 1. The molecule has 0 aliphatic rings. The lowest BCUT2D eigenvalue weighted by Gasteiger charge is -2.10. The molecule has 106 valence electrons. The van der Waals surface area contributed by atoms with E-state index in [2.05, 4.69) is 15.4 Å².